The average molecular weight is 236 g/mol. The number of imidazole rings is 1. The lowest BCUT2D eigenvalue weighted by Gasteiger charge is -1.86. The zero-order valence-electron chi connectivity index (χ0n) is 7.75. The Labute approximate surface area is 94.0 Å². The summed E-state index contributed by atoms with van der Waals surface area (Å²) in [6.07, 6.45) is 3.99. The van der Waals surface area contributed by atoms with Crippen LogP contribution < -0.4 is 5.73 Å². The highest BCUT2D eigenvalue weighted by Gasteiger charge is 2.08. The predicted molar refractivity (Wildman–Crippen MR) is 62.1 cm³/mol. The summed E-state index contributed by atoms with van der Waals surface area (Å²) in [7, 11) is 0. The highest BCUT2D eigenvalue weighted by atomic mass is 32.1. The molecule has 3 aromatic rings. The van der Waals surface area contributed by atoms with Crippen molar-refractivity contribution in [1.82, 2.24) is 14.4 Å². The quantitative estimate of drug-likeness (QED) is 0.740. The zero-order valence-corrected chi connectivity index (χ0v) is 9.38. The van der Waals surface area contributed by atoms with Crippen molar-refractivity contribution < 1.29 is 0 Å². The van der Waals surface area contributed by atoms with Crippen LogP contribution in [0.15, 0.2) is 23.2 Å². The Kier molecular flexibility index (Phi) is 2.05. The predicted octanol–water partition coefficient (Wildman–Crippen LogP) is 1.98. The van der Waals surface area contributed by atoms with E-state index < -0.39 is 0 Å². The van der Waals surface area contributed by atoms with Gasteiger partial charge in [0.05, 0.1) is 5.69 Å². The first-order valence-electron chi connectivity index (χ1n) is 4.44. The number of hydrogen-bond donors (Lipinski definition) is 1. The lowest BCUT2D eigenvalue weighted by atomic mass is 10.5. The first-order valence-corrected chi connectivity index (χ1v) is 6.20. The maximum atomic E-state index is 5.52. The Morgan fingerprint density at radius 2 is 2.27 bits per heavy atom. The molecular formula is C9H8N4S2. The molecule has 6 heteroatoms. The van der Waals surface area contributed by atoms with Crippen LogP contribution in [0.3, 0.4) is 0 Å². The lowest BCUT2D eigenvalue weighted by molar-refractivity contribution is 1.01. The van der Waals surface area contributed by atoms with Crippen LogP contribution in [-0.2, 0) is 6.54 Å². The van der Waals surface area contributed by atoms with E-state index in [0.717, 1.165) is 21.4 Å². The Morgan fingerprint density at radius 1 is 1.33 bits per heavy atom. The van der Waals surface area contributed by atoms with Gasteiger partial charge in [0.2, 0.25) is 0 Å². The number of nitrogens with two attached hydrogens (primary N) is 1. The van der Waals surface area contributed by atoms with Crippen LogP contribution in [0.1, 0.15) is 5.69 Å². The summed E-state index contributed by atoms with van der Waals surface area (Å²) < 4.78 is 2.00. The van der Waals surface area contributed by atoms with Crippen LogP contribution in [0.25, 0.3) is 15.7 Å². The molecule has 15 heavy (non-hydrogen) atoms. The third kappa shape index (κ3) is 1.46. The van der Waals surface area contributed by atoms with Crippen LogP contribution in [-0.4, -0.2) is 14.4 Å². The fourth-order valence-corrected chi connectivity index (χ4v) is 2.83. The molecular weight excluding hydrogens is 228 g/mol. The monoisotopic (exact) mass is 236 g/mol. The van der Waals surface area contributed by atoms with Gasteiger partial charge in [-0.25, -0.2) is 9.97 Å². The molecule has 4 nitrogen and oxygen atoms in total. The number of hydrogen-bond acceptors (Lipinski definition) is 5. The average Bonchev–Trinajstić information content (AvgIpc) is 2.91. The second-order valence-electron chi connectivity index (χ2n) is 3.07. The van der Waals surface area contributed by atoms with Crippen molar-refractivity contribution in [1.29, 1.82) is 0 Å². The molecule has 0 radical (unpaired) electrons. The molecule has 3 rings (SSSR count). The van der Waals surface area contributed by atoms with Gasteiger partial charge < -0.3 is 5.73 Å². The normalized spacial score (nSPS) is 11.3. The summed E-state index contributed by atoms with van der Waals surface area (Å²) in [5, 5.41) is 4.92. The van der Waals surface area contributed by atoms with E-state index in [9.17, 15) is 0 Å². The SMILES string of the molecule is NCc1csc(-c2cn3ccsc3n2)n1. The topological polar surface area (TPSA) is 56.2 Å². The van der Waals surface area contributed by atoms with Gasteiger partial charge in [-0.05, 0) is 0 Å². The molecule has 0 unspecified atom stereocenters. The van der Waals surface area contributed by atoms with Crippen LogP contribution >= 0.6 is 22.7 Å². The van der Waals surface area contributed by atoms with Gasteiger partial charge >= 0.3 is 0 Å². The van der Waals surface area contributed by atoms with E-state index in [2.05, 4.69) is 9.97 Å². The van der Waals surface area contributed by atoms with E-state index in [1.54, 1.807) is 22.7 Å². The second kappa shape index (κ2) is 3.41. The maximum Gasteiger partial charge on any atom is 0.194 e. The van der Waals surface area contributed by atoms with Crippen LogP contribution in [0.4, 0.5) is 0 Å². The minimum Gasteiger partial charge on any atom is -0.325 e. The molecule has 0 saturated carbocycles. The van der Waals surface area contributed by atoms with Gasteiger partial charge in [-0.15, -0.1) is 22.7 Å². The molecule has 0 amide bonds. The highest BCUT2D eigenvalue weighted by Crippen LogP contribution is 2.24. The Hall–Kier alpha value is -1.24. The van der Waals surface area contributed by atoms with Crippen LogP contribution in [0.5, 0.6) is 0 Å². The lowest BCUT2D eigenvalue weighted by Crippen LogP contribution is -1.95. The van der Waals surface area contributed by atoms with Crippen molar-refractivity contribution in [3.63, 3.8) is 0 Å². The minimum absolute atomic E-state index is 0.485. The Bertz CT molecular complexity index is 563. The third-order valence-corrected chi connectivity index (χ3v) is 3.76. The van der Waals surface area contributed by atoms with Crippen LogP contribution in [0.2, 0.25) is 0 Å². The first kappa shape index (κ1) is 9.02. The molecule has 0 aliphatic carbocycles. The van der Waals surface area contributed by atoms with Crippen molar-refractivity contribution in [2.45, 2.75) is 6.54 Å². The van der Waals surface area contributed by atoms with Crippen molar-refractivity contribution in [2.24, 2.45) is 5.73 Å². The molecule has 0 aromatic carbocycles. The smallest absolute Gasteiger partial charge is 0.194 e. The van der Waals surface area contributed by atoms with Crippen molar-refractivity contribution >= 4 is 27.6 Å². The molecule has 0 saturated heterocycles. The molecule has 0 aliphatic rings. The molecule has 3 aromatic heterocycles. The summed E-state index contributed by atoms with van der Waals surface area (Å²) in [6.45, 7) is 0.485. The Balaban J connectivity index is 2.09. The van der Waals surface area contributed by atoms with Crippen molar-refractivity contribution in [2.75, 3.05) is 0 Å². The van der Waals surface area contributed by atoms with Crippen molar-refractivity contribution in [3.05, 3.63) is 28.8 Å². The van der Waals surface area contributed by atoms with Gasteiger partial charge in [0, 0.05) is 29.7 Å². The van der Waals surface area contributed by atoms with E-state index in [4.69, 9.17) is 5.73 Å². The van der Waals surface area contributed by atoms with Gasteiger partial charge in [0.25, 0.3) is 0 Å². The largest absolute Gasteiger partial charge is 0.325 e. The fraction of sp³-hybridized carbons (Fsp3) is 0.111. The molecule has 3 heterocycles. The van der Waals surface area contributed by atoms with Crippen molar-refractivity contribution in [3.8, 4) is 10.7 Å². The molecule has 0 bridgehead atoms. The number of aromatic nitrogens is 3. The molecule has 0 spiro atoms. The molecule has 0 atom stereocenters. The number of nitrogens with zero attached hydrogens (tertiary/aromatic N) is 3. The van der Waals surface area contributed by atoms with Gasteiger partial charge in [-0.1, -0.05) is 0 Å². The van der Waals surface area contributed by atoms with E-state index in [-0.39, 0.29) is 0 Å². The standard InChI is InChI=1S/C9H8N4S2/c10-3-6-5-15-8(11-6)7-4-13-1-2-14-9(13)12-7/h1-2,4-5H,3,10H2. The first-order chi connectivity index (χ1) is 7.36. The van der Waals surface area contributed by atoms with Gasteiger partial charge in [-0.3, -0.25) is 4.40 Å². The van der Waals surface area contributed by atoms with E-state index >= 15 is 0 Å². The fourth-order valence-electron chi connectivity index (χ4n) is 1.35. The zero-order chi connectivity index (χ0) is 10.3. The highest BCUT2D eigenvalue weighted by molar-refractivity contribution is 7.15. The molecule has 0 aliphatic heterocycles. The van der Waals surface area contributed by atoms with E-state index in [0.29, 0.717) is 6.54 Å². The summed E-state index contributed by atoms with van der Waals surface area (Å²) in [6, 6.07) is 0. The minimum atomic E-state index is 0.485. The molecule has 2 N–H and O–H groups in total. The summed E-state index contributed by atoms with van der Waals surface area (Å²) in [5.41, 5.74) is 7.36. The molecule has 76 valence electrons. The summed E-state index contributed by atoms with van der Waals surface area (Å²) in [5.74, 6) is 0. The van der Waals surface area contributed by atoms with Gasteiger partial charge in [-0.2, -0.15) is 0 Å². The Morgan fingerprint density at radius 3 is 3.00 bits per heavy atom. The van der Waals surface area contributed by atoms with E-state index in [1.165, 1.54) is 0 Å². The summed E-state index contributed by atoms with van der Waals surface area (Å²) in [4.78, 5) is 9.87. The van der Waals surface area contributed by atoms with Crippen LogP contribution in [0, 0.1) is 0 Å². The second-order valence-corrected chi connectivity index (χ2v) is 4.80. The number of rotatable bonds is 2. The molecule has 0 fully saturated rings. The number of thiazole rings is 2. The maximum absolute atomic E-state index is 5.52. The third-order valence-electron chi connectivity index (χ3n) is 2.07. The van der Waals surface area contributed by atoms with E-state index in [1.807, 2.05) is 27.6 Å². The van der Waals surface area contributed by atoms with Gasteiger partial charge in [0.15, 0.2) is 4.96 Å². The van der Waals surface area contributed by atoms with Gasteiger partial charge in [0.1, 0.15) is 10.7 Å². The number of fused-ring (bicyclic) bond motifs is 1. The summed E-state index contributed by atoms with van der Waals surface area (Å²) >= 11 is 3.20.